The van der Waals surface area contributed by atoms with Gasteiger partial charge in [-0.1, -0.05) is 13.8 Å². The Morgan fingerprint density at radius 1 is 1.00 bits per heavy atom. The third-order valence-electron chi connectivity index (χ3n) is 7.42. The van der Waals surface area contributed by atoms with E-state index in [-0.39, 0.29) is 24.0 Å². The summed E-state index contributed by atoms with van der Waals surface area (Å²) in [6.07, 6.45) is -1.92. The number of carboxylic acids is 1. The molecule has 0 saturated carbocycles. The van der Waals surface area contributed by atoms with Crippen LogP contribution in [-0.4, -0.2) is 89.1 Å². The SMILES string of the molecule is CCN(CC)CCNC(=O)c1c(C)[nH]c(C=C2C(=O)Nc3ccc(OC(=O)CCC(=O)O[C@@H](C)C(=O)O[C@@H](C)C(=O)O)cc32)c1C. The van der Waals surface area contributed by atoms with E-state index in [1.807, 2.05) is 0 Å². The Morgan fingerprint density at radius 2 is 1.67 bits per heavy atom. The number of aryl methyl sites for hydroxylation is 1. The summed E-state index contributed by atoms with van der Waals surface area (Å²) in [5, 5.41) is 14.5. The lowest BCUT2D eigenvalue weighted by molar-refractivity contribution is -0.175. The molecule has 14 nitrogen and oxygen atoms in total. The molecule has 0 bridgehead atoms. The molecule has 248 valence electrons. The number of carbonyl (C=O) groups is 6. The van der Waals surface area contributed by atoms with Gasteiger partial charge in [-0.2, -0.15) is 0 Å². The van der Waals surface area contributed by atoms with E-state index in [4.69, 9.17) is 14.6 Å². The quantitative estimate of drug-likeness (QED) is 0.127. The van der Waals surface area contributed by atoms with Gasteiger partial charge in [-0.3, -0.25) is 19.2 Å². The van der Waals surface area contributed by atoms with Crippen molar-refractivity contribution < 1.29 is 48.1 Å². The van der Waals surface area contributed by atoms with Crippen molar-refractivity contribution in [3.05, 3.63) is 46.3 Å². The number of carboxylic acid groups (broad SMARTS) is 1. The maximum absolute atomic E-state index is 13.0. The van der Waals surface area contributed by atoms with Crippen LogP contribution in [0.3, 0.4) is 0 Å². The van der Waals surface area contributed by atoms with E-state index in [0.717, 1.165) is 26.6 Å². The van der Waals surface area contributed by atoms with Crippen molar-refractivity contribution >= 4 is 53.0 Å². The molecule has 46 heavy (non-hydrogen) atoms. The highest BCUT2D eigenvalue weighted by atomic mass is 16.6. The van der Waals surface area contributed by atoms with Crippen LogP contribution in [0.4, 0.5) is 5.69 Å². The van der Waals surface area contributed by atoms with Crippen LogP contribution in [0.2, 0.25) is 0 Å². The smallest absolute Gasteiger partial charge is 0.347 e. The number of aliphatic carboxylic acids is 1. The van der Waals surface area contributed by atoms with Crippen LogP contribution < -0.4 is 15.4 Å². The lowest BCUT2D eigenvalue weighted by Crippen LogP contribution is -2.35. The minimum atomic E-state index is -1.41. The molecule has 14 heteroatoms. The summed E-state index contributed by atoms with van der Waals surface area (Å²) in [6, 6.07) is 4.59. The summed E-state index contributed by atoms with van der Waals surface area (Å²) in [5.74, 6) is -4.48. The van der Waals surface area contributed by atoms with Gasteiger partial charge in [-0.15, -0.1) is 0 Å². The summed E-state index contributed by atoms with van der Waals surface area (Å²) in [7, 11) is 0. The standard InChI is InChI=1S/C32H40N4O10/c1-7-36(8-2)14-13-33-30(40)28-17(3)25(34-18(28)4)16-23-22-15-21(9-10-24(22)35-29(23)39)46-27(38)12-11-26(37)44-20(6)32(43)45-19(5)31(41)42/h9-10,15-16,19-20,34H,7-8,11-14H2,1-6H3,(H,33,40)(H,35,39)(H,41,42)/t19-,20-/m0/s1. The minimum Gasteiger partial charge on any atom is -0.479 e. The number of aromatic nitrogens is 1. The highest BCUT2D eigenvalue weighted by Gasteiger charge is 2.27. The molecule has 0 saturated heterocycles. The number of rotatable bonds is 15. The van der Waals surface area contributed by atoms with Crippen LogP contribution in [0.25, 0.3) is 11.6 Å². The highest BCUT2D eigenvalue weighted by Crippen LogP contribution is 2.36. The van der Waals surface area contributed by atoms with Crippen molar-refractivity contribution in [1.82, 2.24) is 15.2 Å². The summed E-state index contributed by atoms with van der Waals surface area (Å²) in [6.45, 7) is 13.1. The van der Waals surface area contributed by atoms with E-state index in [9.17, 15) is 28.8 Å². The molecule has 2 atom stereocenters. The lowest BCUT2D eigenvalue weighted by atomic mass is 10.0. The molecular formula is C32H40N4O10. The minimum absolute atomic E-state index is 0.131. The van der Waals surface area contributed by atoms with E-state index in [1.165, 1.54) is 19.1 Å². The zero-order valence-corrected chi connectivity index (χ0v) is 26.8. The van der Waals surface area contributed by atoms with Crippen molar-refractivity contribution in [2.75, 3.05) is 31.5 Å². The fourth-order valence-electron chi connectivity index (χ4n) is 4.74. The zero-order valence-electron chi connectivity index (χ0n) is 26.8. The van der Waals surface area contributed by atoms with Crippen molar-refractivity contribution in [1.29, 1.82) is 0 Å². The molecular weight excluding hydrogens is 600 g/mol. The number of carbonyl (C=O) groups excluding carboxylic acids is 5. The topological polar surface area (TPSA) is 193 Å². The Labute approximate surface area is 266 Å². The molecule has 0 unspecified atom stereocenters. The van der Waals surface area contributed by atoms with Crippen LogP contribution in [0.1, 0.15) is 73.4 Å². The first-order valence-corrected chi connectivity index (χ1v) is 15.0. The van der Waals surface area contributed by atoms with Gasteiger partial charge in [0.25, 0.3) is 11.8 Å². The number of nitrogens with zero attached hydrogens (tertiary/aromatic N) is 1. The number of fused-ring (bicyclic) bond motifs is 1. The number of benzene rings is 1. The summed E-state index contributed by atoms with van der Waals surface area (Å²) < 4.78 is 14.9. The summed E-state index contributed by atoms with van der Waals surface area (Å²) in [4.78, 5) is 78.5. The number of nitrogens with one attached hydrogen (secondary N) is 3. The molecule has 0 radical (unpaired) electrons. The Balaban J connectivity index is 1.65. The van der Waals surface area contributed by atoms with Gasteiger partial charge in [0.1, 0.15) is 5.75 Å². The van der Waals surface area contributed by atoms with Crippen LogP contribution >= 0.6 is 0 Å². The van der Waals surface area contributed by atoms with Crippen LogP contribution in [0.5, 0.6) is 5.75 Å². The van der Waals surface area contributed by atoms with E-state index in [1.54, 1.807) is 26.0 Å². The number of hydrogen-bond acceptors (Lipinski definition) is 10. The number of H-pyrrole nitrogens is 1. The first-order valence-electron chi connectivity index (χ1n) is 15.0. The number of anilines is 1. The third kappa shape index (κ3) is 9.03. The van der Waals surface area contributed by atoms with Gasteiger partial charge < -0.3 is 39.8 Å². The van der Waals surface area contributed by atoms with E-state index >= 15 is 0 Å². The van der Waals surface area contributed by atoms with Crippen LogP contribution in [0, 0.1) is 13.8 Å². The average Bonchev–Trinajstić information content (AvgIpc) is 3.47. The molecule has 2 aromatic rings. The number of hydrogen-bond donors (Lipinski definition) is 4. The Hall–Kier alpha value is -4.98. The lowest BCUT2D eigenvalue weighted by Gasteiger charge is -2.18. The molecule has 3 rings (SSSR count). The largest absolute Gasteiger partial charge is 0.479 e. The average molecular weight is 641 g/mol. The first kappa shape index (κ1) is 35.5. The predicted molar refractivity (Wildman–Crippen MR) is 167 cm³/mol. The third-order valence-corrected chi connectivity index (χ3v) is 7.42. The van der Waals surface area contributed by atoms with Gasteiger partial charge in [0, 0.05) is 35.7 Å². The highest BCUT2D eigenvalue weighted by molar-refractivity contribution is 6.35. The van der Waals surface area contributed by atoms with Crippen molar-refractivity contribution in [3.63, 3.8) is 0 Å². The molecule has 0 aliphatic carbocycles. The molecule has 1 aliphatic heterocycles. The Kier molecular flexibility index (Phi) is 12.2. The van der Waals surface area contributed by atoms with Crippen LogP contribution in [0.15, 0.2) is 18.2 Å². The molecule has 2 amide bonds. The van der Waals surface area contributed by atoms with Gasteiger partial charge in [0.15, 0.2) is 12.2 Å². The van der Waals surface area contributed by atoms with Crippen LogP contribution in [-0.2, 0) is 33.4 Å². The number of aromatic amines is 1. The molecule has 0 fully saturated rings. The molecule has 1 aromatic carbocycles. The maximum atomic E-state index is 13.0. The molecule has 1 aliphatic rings. The summed E-state index contributed by atoms with van der Waals surface area (Å²) >= 11 is 0. The Morgan fingerprint density at radius 3 is 2.33 bits per heavy atom. The molecule has 4 N–H and O–H groups in total. The van der Waals surface area contributed by atoms with Gasteiger partial charge >= 0.3 is 23.9 Å². The first-order chi connectivity index (χ1) is 21.7. The number of amides is 2. The second-order valence-corrected chi connectivity index (χ2v) is 10.7. The molecule has 1 aromatic heterocycles. The number of likely N-dealkylation sites (N-methyl/N-ethyl adjacent to an activating group) is 1. The normalized spacial score (nSPS) is 14.3. The molecule has 2 heterocycles. The van der Waals surface area contributed by atoms with Gasteiger partial charge in [-0.25, -0.2) is 9.59 Å². The predicted octanol–water partition coefficient (Wildman–Crippen LogP) is 2.83. The van der Waals surface area contributed by atoms with E-state index in [0.29, 0.717) is 45.9 Å². The number of esters is 3. The monoisotopic (exact) mass is 640 g/mol. The van der Waals surface area contributed by atoms with E-state index < -0.39 is 42.5 Å². The zero-order chi connectivity index (χ0) is 34.1. The van der Waals surface area contributed by atoms with Crippen molar-refractivity contribution in [3.8, 4) is 5.75 Å². The fraction of sp³-hybridized carbons (Fsp3) is 0.438. The molecule has 0 spiro atoms. The fourth-order valence-corrected chi connectivity index (χ4v) is 4.74. The van der Waals surface area contributed by atoms with E-state index in [2.05, 4.69) is 39.1 Å². The Bertz CT molecular complexity index is 1540. The van der Waals surface area contributed by atoms with Crippen molar-refractivity contribution in [2.45, 2.75) is 66.6 Å². The second-order valence-electron chi connectivity index (χ2n) is 10.7. The van der Waals surface area contributed by atoms with Gasteiger partial charge in [-0.05, 0) is 70.6 Å². The van der Waals surface area contributed by atoms with Gasteiger partial charge in [0.2, 0.25) is 0 Å². The summed E-state index contributed by atoms with van der Waals surface area (Å²) in [5.41, 5.74) is 3.72. The van der Waals surface area contributed by atoms with Gasteiger partial charge in [0.05, 0.1) is 24.0 Å². The second kappa shape index (κ2) is 15.8. The maximum Gasteiger partial charge on any atom is 0.347 e. The van der Waals surface area contributed by atoms with Crippen molar-refractivity contribution in [2.24, 2.45) is 0 Å². The number of ether oxygens (including phenoxy) is 3.